The standard InChI is InChI=1S/C28H24BrFN4O3/c1-3-32-26(17-37-16-19-10-5-4-6-11-19)31-34(28(32)36)25-14-20-21(13-23(25)30)27(35)33(15-22(20)29)24-12-8-7-9-18(24)2/h4-15H,3,16-17H2,1-2H3. The Labute approximate surface area is 220 Å². The van der Waals surface area contributed by atoms with Crippen molar-refractivity contribution in [2.45, 2.75) is 33.6 Å². The molecule has 9 heteroatoms. The van der Waals surface area contributed by atoms with Crippen molar-refractivity contribution in [3.8, 4) is 11.4 Å². The zero-order chi connectivity index (χ0) is 26.1. The van der Waals surface area contributed by atoms with Gasteiger partial charge in [0.15, 0.2) is 5.82 Å². The van der Waals surface area contributed by atoms with Crippen molar-refractivity contribution in [2.24, 2.45) is 0 Å². The maximum Gasteiger partial charge on any atom is 0.350 e. The summed E-state index contributed by atoms with van der Waals surface area (Å²) in [6, 6.07) is 19.8. The van der Waals surface area contributed by atoms with E-state index in [0.717, 1.165) is 21.9 Å². The minimum absolute atomic E-state index is 0.0391. The number of hydrogen-bond donors (Lipinski definition) is 0. The van der Waals surface area contributed by atoms with Crippen LogP contribution in [-0.4, -0.2) is 18.9 Å². The number of nitrogens with zero attached hydrogens (tertiary/aromatic N) is 4. The normalized spacial score (nSPS) is 11.4. The van der Waals surface area contributed by atoms with Crippen LogP contribution < -0.4 is 11.2 Å². The van der Waals surface area contributed by atoms with E-state index in [9.17, 15) is 9.59 Å². The van der Waals surface area contributed by atoms with Crippen LogP contribution in [-0.2, 0) is 24.5 Å². The zero-order valence-electron chi connectivity index (χ0n) is 20.3. The molecule has 0 amide bonds. The number of ether oxygens (including phenoxy) is 1. The summed E-state index contributed by atoms with van der Waals surface area (Å²) < 4.78 is 25.7. The number of fused-ring (bicyclic) bond motifs is 1. The fraction of sp³-hybridized carbons (Fsp3) is 0.179. The lowest BCUT2D eigenvalue weighted by molar-refractivity contribution is 0.0989. The van der Waals surface area contributed by atoms with E-state index in [1.165, 1.54) is 15.2 Å². The van der Waals surface area contributed by atoms with Crippen LogP contribution in [0.4, 0.5) is 4.39 Å². The van der Waals surface area contributed by atoms with E-state index in [-0.39, 0.29) is 23.2 Å². The molecule has 0 unspecified atom stereocenters. The van der Waals surface area contributed by atoms with Gasteiger partial charge in [0, 0.05) is 22.6 Å². The first-order chi connectivity index (χ1) is 17.9. The van der Waals surface area contributed by atoms with E-state index in [1.54, 1.807) is 6.20 Å². The molecule has 188 valence electrons. The monoisotopic (exact) mass is 562 g/mol. The van der Waals surface area contributed by atoms with Gasteiger partial charge in [0.1, 0.15) is 18.1 Å². The molecule has 37 heavy (non-hydrogen) atoms. The van der Waals surface area contributed by atoms with Gasteiger partial charge in [0.05, 0.1) is 17.7 Å². The summed E-state index contributed by atoms with van der Waals surface area (Å²) in [4.78, 5) is 26.4. The van der Waals surface area contributed by atoms with Gasteiger partial charge in [-0.2, -0.15) is 4.68 Å². The smallest absolute Gasteiger partial charge is 0.350 e. The van der Waals surface area contributed by atoms with Crippen LogP contribution in [0.2, 0.25) is 0 Å². The van der Waals surface area contributed by atoms with Crippen molar-refractivity contribution < 1.29 is 9.13 Å². The molecule has 7 nitrogen and oxygen atoms in total. The molecule has 0 saturated heterocycles. The van der Waals surface area contributed by atoms with E-state index in [0.29, 0.717) is 34.5 Å². The average molecular weight is 563 g/mol. The second-order valence-corrected chi connectivity index (χ2v) is 9.48. The van der Waals surface area contributed by atoms with Gasteiger partial charge in [-0.1, -0.05) is 48.5 Å². The molecule has 5 rings (SSSR count). The van der Waals surface area contributed by atoms with Crippen LogP contribution in [0.25, 0.3) is 22.1 Å². The molecule has 0 bridgehead atoms. The quantitative estimate of drug-likeness (QED) is 0.270. The largest absolute Gasteiger partial charge is 0.369 e. The van der Waals surface area contributed by atoms with Crippen molar-refractivity contribution in [1.29, 1.82) is 0 Å². The predicted molar refractivity (Wildman–Crippen MR) is 144 cm³/mol. The van der Waals surface area contributed by atoms with Gasteiger partial charge in [-0.05, 0) is 59.1 Å². The Kier molecular flexibility index (Phi) is 6.90. The Balaban J connectivity index is 1.55. The first-order valence-corrected chi connectivity index (χ1v) is 12.6. The van der Waals surface area contributed by atoms with Gasteiger partial charge in [-0.15, -0.1) is 5.10 Å². The lowest BCUT2D eigenvalue weighted by atomic mass is 10.1. The van der Waals surface area contributed by atoms with Gasteiger partial charge in [0.2, 0.25) is 0 Å². The van der Waals surface area contributed by atoms with E-state index in [2.05, 4.69) is 21.0 Å². The van der Waals surface area contributed by atoms with E-state index >= 15 is 4.39 Å². The Morgan fingerprint density at radius 1 is 0.946 bits per heavy atom. The lowest BCUT2D eigenvalue weighted by Gasteiger charge is -2.13. The molecule has 0 radical (unpaired) electrons. The van der Waals surface area contributed by atoms with Crippen LogP contribution >= 0.6 is 15.9 Å². The fourth-order valence-electron chi connectivity index (χ4n) is 4.34. The maximum atomic E-state index is 15.4. The van der Waals surface area contributed by atoms with Crippen molar-refractivity contribution >= 4 is 26.7 Å². The van der Waals surface area contributed by atoms with E-state index in [1.807, 2.05) is 68.4 Å². The Hall–Kier alpha value is -3.82. The lowest BCUT2D eigenvalue weighted by Crippen LogP contribution is -2.25. The first kappa shape index (κ1) is 24.9. The molecule has 2 aromatic heterocycles. The summed E-state index contributed by atoms with van der Waals surface area (Å²) in [5, 5.41) is 5.05. The van der Waals surface area contributed by atoms with Gasteiger partial charge < -0.3 is 4.74 Å². The van der Waals surface area contributed by atoms with E-state index < -0.39 is 11.5 Å². The first-order valence-electron chi connectivity index (χ1n) is 11.8. The molecule has 0 spiro atoms. The van der Waals surface area contributed by atoms with Crippen molar-refractivity contribution in [1.82, 2.24) is 18.9 Å². The van der Waals surface area contributed by atoms with Crippen LogP contribution in [0, 0.1) is 12.7 Å². The highest BCUT2D eigenvalue weighted by Crippen LogP contribution is 2.27. The number of aryl methyl sites for hydroxylation is 1. The van der Waals surface area contributed by atoms with Crippen molar-refractivity contribution in [2.75, 3.05) is 0 Å². The third-order valence-corrected chi connectivity index (χ3v) is 6.87. The highest BCUT2D eigenvalue weighted by molar-refractivity contribution is 9.10. The molecule has 2 heterocycles. The number of aromatic nitrogens is 4. The molecule has 0 aliphatic rings. The maximum absolute atomic E-state index is 15.4. The molecule has 0 atom stereocenters. The minimum Gasteiger partial charge on any atom is -0.369 e. The number of rotatable bonds is 7. The minimum atomic E-state index is -0.723. The predicted octanol–water partition coefficient (Wildman–Crippen LogP) is 5.28. The molecule has 0 fully saturated rings. The third kappa shape index (κ3) is 4.68. The highest BCUT2D eigenvalue weighted by atomic mass is 79.9. The number of pyridine rings is 1. The molecular formula is C28H24BrFN4O3. The highest BCUT2D eigenvalue weighted by Gasteiger charge is 2.20. The summed E-state index contributed by atoms with van der Waals surface area (Å²) in [5.74, 6) is -0.337. The summed E-state index contributed by atoms with van der Waals surface area (Å²) >= 11 is 3.53. The van der Waals surface area contributed by atoms with Gasteiger partial charge in [0.25, 0.3) is 5.56 Å². The zero-order valence-corrected chi connectivity index (χ0v) is 21.9. The number of halogens is 2. The van der Waals surface area contributed by atoms with Gasteiger partial charge in [-0.25, -0.2) is 9.18 Å². The van der Waals surface area contributed by atoms with E-state index in [4.69, 9.17) is 4.74 Å². The third-order valence-electron chi connectivity index (χ3n) is 6.24. The molecule has 0 aliphatic carbocycles. The molecule has 0 saturated carbocycles. The summed E-state index contributed by atoms with van der Waals surface area (Å²) in [7, 11) is 0. The van der Waals surface area contributed by atoms with Gasteiger partial charge >= 0.3 is 5.69 Å². The number of benzene rings is 3. The van der Waals surface area contributed by atoms with Crippen LogP contribution in [0.1, 0.15) is 23.9 Å². The van der Waals surface area contributed by atoms with Crippen LogP contribution in [0.15, 0.2) is 87.0 Å². The van der Waals surface area contributed by atoms with Crippen LogP contribution in [0.3, 0.4) is 0 Å². The molecule has 0 N–H and O–H groups in total. The summed E-state index contributed by atoms with van der Waals surface area (Å²) in [5.41, 5.74) is 1.73. The molecular weight excluding hydrogens is 539 g/mol. The second-order valence-electron chi connectivity index (χ2n) is 8.62. The summed E-state index contributed by atoms with van der Waals surface area (Å²) in [6.45, 7) is 4.51. The summed E-state index contributed by atoms with van der Waals surface area (Å²) in [6.07, 6.45) is 1.66. The topological polar surface area (TPSA) is 71.0 Å². The Morgan fingerprint density at radius 2 is 1.68 bits per heavy atom. The molecule has 3 aromatic carbocycles. The van der Waals surface area contributed by atoms with Crippen LogP contribution in [0.5, 0.6) is 0 Å². The van der Waals surface area contributed by atoms with Crippen molar-refractivity contribution in [3.05, 3.63) is 121 Å². The average Bonchev–Trinajstić information content (AvgIpc) is 3.21. The number of hydrogen-bond acceptors (Lipinski definition) is 4. The van der Waals surface area contributed by atoms with Gasteiger partial charge in [-0.3, -0.25) is 13.9 Å². The fourth-order valence-corrected chi connectivity index (χ4v) is 4.87. The Bertz CT molecular complexity index is 1720. The number of para-hydroxylation sites is 1. The molecule has 5 aromatic rings. The van der Waals surface area contributed by atoms with Crippen molar-refractivity contribution in [3.63, 3.8) is 0 Å². The second kappa shape index (κ2) is 10.3. The molecule has 0 aliphatic heterocycles. The Morgan fingerprint density at radius 3 is 2.41 bits per heavy atom. The SMILES string of the molecule is CCn1c(COCc2ccccc2)nn(-c2cc3c(Br)cn(-c4ccccc4C)c(=O)c3cc2F)c1=O.